The van der Waals surface area contributed by atoms with Crippen molar-refractivity contribution in [1.82, 2.24) is 0 Å². The molecule has 13 rings (SSSR count). The Morgan fingerprint density at radius 2 is 0.815 bits per heavy atom. The normalized spacial score (nSPS) is 13.6. The lowest BCUT2D eigenvalue weighted by Gasteiger charge is -2.42. The lowest BCUT2D eigenvalue weighted by molar-refractivity contribution is 0.591. The van der Waals surface area contributed by atoms with Crippen LogP contribution in [0.5, 0.6) is 0 Å². The second kappa shape index (κ2) is 14.3. The molecule has 0 saturated carbocycles. The zero-order chi connectivity index (χ0) is 43.9. The molecule has 2 nitrogen and oxygen atoms in total. The van der Waals surface area contributed by atoms with E-state index >= 15 is 0 Å². The lowest BCUT2D eigenvalue weighted by atomic mass is 9.33. The van der Waals surface area contributed by atoms with Crippen molar-refractivity contribution in [2.75, 3.05) is 9.80 Å². The zero-order valence-corrected chi connectivity index (χ0v) is 40.5. The highest BCUT2D eigenvalue weighted by Crippen LogP contribution is 2.51. The minimum absolute atomic E-state index is 0.00999. The Kier molecular flexibility index (Phi) is 8.65. The van der Waals surface area contributed by atoms with E-state index in [9.17, 15) is 0 Å². The maximum absolute atomic E-state index is 2.59. The molecule has 0 unspecified atom stereocenters. The van der Waals surface area contributed by atoms with Crippen LogP contribution in [0.2, 0.25) is 0 Å². The summed E-state index contributed by atoms with van der Waals surface area (Å²) in [4.78, 5) is 7.77. The highest BCUT2D eigenvalue weighted by atomic mass is 32.1. The third kappa shape index (κ3) is 6.16. The molecule has 11 aromatic rings. The Balaban J connectivity index is 1.06. The van der Waals surface area contributed by atoms with E-state index in [0.717, 1.165) is 0 Å². The monoisotopic (exact) mass is 908 g/mol. The van der Waals surface area contributed by atoms with Crippen LogP contribution in [0.15, 0.2) is 164 Å². The molecule has 0 atom stereocenters. The Morgan fingerprint density at radius 1 is 0.385 bits per heavy atom. The lowest BCUT2D eigenvalue weighted by Crippen LogP contribution is -2.60. The summed E-state index contributed by atoms with van der Waals surface area (Å²) in [6.07, 6.45) is 0. The van der Waals surface area contributed by atoms with Gasteiger partial charge in [-0.25, -0.2) is 0 Å². The van der Waals surface area contributed by atoms with Gasteiger partial charge in [-0.1, -0.05) is 133 Å². The number of thiophene rings is 4. The van der Waals surface area contributed by atoms with Gasteiger partial charge in [0.05, 0.1) is 10.0 Å². The first-order valence-corrected chi connectivity index (χ1v) is 25.8. The van der Waals surface area contributed by atoms with E-state index in [1.165, 1.54) is 121 Å². The van der Waals surface area contributed by atoms with Gasteiger partial charge in [0.1, 0.15) is 0 Å². The molecule has 7 heteroatoms. The van der Waals surface area contributed by atoms with Crippen LogP contribution in [0.1, 0.15) is 52.7 Å². The molecule has 2 aliphatic rings. The van der Waals surface area contributed by atoms with Crippen molar-refractivity contribution in [3.05, 3.63) is 175 Å². The molecule has 0 spiro atoms. The summed E-state index contributed by atoms with van der Waals surface area (Å²) in [5, 5.41) is 7.96. The fourth-order valence-electron chi connectivity index (χ4n) is 10.2. The van der Waals surface area contributed by atoms with Crippen LogP contribution in [0.4, 0.5) is 32.8 Å². The first-order chi connectivity index (χ1) is 31.5. The quantitative estimate of drug-likeness (QED) is 0.162. The van der Waals surface area contributed by atoms with Crippen molar-refractivity contribution in [3.8, 4) is 20.9 Å². The summed E-state index contributed by atoms with van der Waals surface area (Å²) < 4.78 is 5.31. The first-order valence-electron chi connectivity index (χ1n) is 22.5. The van der Waals surface area contributed by atoms with Crippen LogP contribution in [-0.2, 0) is 10.8 Å². The van der Waals surface area contributed by atoms with Crippen LogP contribution in [0.3, 0.4) is 0 Å². The molecular formula is C58H45BN2S4. The van der Waals surface area contributed by atoms with E-state index in [1.807, 2.05) is 45.3 Å². The maximum atomic E-state index is 2.59. The van der Waals surface area contributed by atoms with Gasteiger partial charge in [0.25, 0.3) is 6.71 Å². The number of fused-ring (bicyclic) bond motifs is 10. The summed E-state index contributed by atoms with van der Waals surface area (Å²) in [5.41, 5.74) is 14.3. The Morgan fingerprint density at radius 3 is 1.23 bits per heavy atom. The van der Waals surface area contributed by atoms with Gasteiger partial charge in [0.15, 0.2) is 0 Å². The van der Waals surface area contributed by atoms with Gasteiger partial charge in [-0.15, -0.1) is 45.3 Å². The number of anilines is 6. The molecule has 0 saturated heterocycles. The zero-order valence-electron chi connectivity index (χ0n) is 37.2. The molecule has 0 aliphatic carbocycles. The van der Waals surface area contributed by atoms with E-state index < -0.39 is 0 Å². The van der Waals surface area contributed by atoms with Gasteiger partial charge in [0, 0.05) is 51.3 Å². The smallest absolute Gasteiger partial charge is 0.256 e. The molecule has 2 aliphatic heterocycles. The standard InChI is InChI=1S/C58H45BN2S4/c1-57(2,3)38-22-28-48-42(32-38)52-55(64-48)60(40-24-18-34(19-25-40)50-30-36-12-7-9-16-46(36)62-50)44-14-11-15-45-54(44)59(52)53-43-33-39(58(4,5)6)23-29-49(43)65-56(53)61(45)41-26-20-35(21-27-41)51-31-37-13-8-10-17-47(37)63-51/h7-33H,1-6H3. The van der Waals surface area contributed by atoms with Crippen molar-refractivity contribution in [1.29, 1.82) is 0 Å². The molecular weight excluding hydrogens is 864 g/mol. The number of hydrogen-bond acceptors (Lipinski definition) is 6. The Hall–Kier alpha value is -5.96. The number of nitrogens with zero attached hydrogens (tertiary/aromatic N) is 2. The van der Waals surface area contributed by atoms with Gasteiger partial charge in [-0.2, -0.15) is 0 Å². The van der Waals surface area contributed by atoms with Gasteiger partial charge in [-0.05, 0) is 144 Å². The predicted octanol–water partition coefficient (Wildman–Crippen LogP) is 16.6. The minimum atomic E-state index is 0.00999. The van der Waals surface area contributed by atoms with Crippen molar-refractivity contribution >= 4 is 142 Å². The topological polar surface area (TPSA) is 6.48 Å². The van der Waals surface area contributed by atoms with Crippen molar-refractivity contribution in [3.63, 3.8) is 0 Å². The van der Waals surface area contributed by atoms with Crippen molar-refractivity contribution < 1.29 is 0 Å². The van der Waals surface area contributed by atoms with Crippen molar-refractivity contribution in [2.45, 2.75) is 52.4 Å². The minimum Gasteiger partial charge on any atom is -0.303 e. The van der Waals surface area contributed by atoms with Crippen LogP contribution in [-0.4, -0.2) is 6.71 Å². The van der Waals surface area contributed by atoms with E-state index in [-0.39, 0.29) is 17.5 Å². The largest absolute Gasteiger partial charge is 0.303 e. The summed E-state index contributed by atoms with van der Waals surface area (Å²) >= 11 is 7.63. The third-order valence-electron chi connectivity index (χ3n) is 13.6. The van der Waals surface area contributed by atoms with Crippen LogP contribution >= 0.6 is 45.3 Å². The summed E-state index contributed by atoms with van der Waals surface area (Å²) in [5.74, 6) is 0. The number of rotatable bonds is 4. The Bertz CT molecular complexity index is 3400. The van der Waals surface area contributed by atoms with E-state index in [4.69, 9.17) is 0 Å². The SMILES string of the molecule is CC(C)(C)c1ccc2sc3c(c2c1)B1c2c(cccc2N(c2ccc(-c4cc5ccccc5s4)cc2)c2sc4ccc(C(C)(C)C)cc4c21)N3c1ccc(-c2cc3ccccc3s2)cc1. The molecule has 6 heterocycles. The van der Waals surface area contributed by atoms with Gasteiger partial charge in [0.2, 0.25) is 0 Å². The third-order valence-corrected chi connectivity index (χ3v) is 18.3. The summed E-state index contributed by atoms with van der Waals surface area (Å²) in [7, 11) is 0. The molecule has 4 aromatic heterocycles. The first kappa shape index (κ1) is 39.4. The maximum Gasteiger partial charge on any atom is 0.256 e. The fourth-order valence-corrected chi connectivity index (χ4v) is 14.9. The van der Waals surface area contributed by atoms with Gasteiger partial charge >= 0.3 is 0 Å². The van der Waals surface area contributed by atoms with E-state index in [2.05, 4.69) is 215 Å². The van der Waals surface area contributed by atoms with E-state index in [0.29, 0.717) is 0 Å². The summed E-state index contributed by atoms with van der Waals surface area (Å²) in [6, 6.07) is 62.4. The van der Waals surface area contributed by atoms with E-state index in [1.54, 1.807) is 0 Å². The molecule has 0 N–H and O–H groups in total. The molecule has 0 radical (unpaired) electrons. The molecule has 0 bridgehead atoms. The van der Waals surface area contributed by atoms with Crippen molar-refractivity contribution in [2.24, 2.45) is 0 Å². The van der Waals surface area contributed by atoms with Crippen LogP contribution in [0.25, 0.3) is 61.2 Å². The molecule has 314 valence electrons. The molecule has 0 fully saturated rings. The van der Waals surface area contributed by atoms with Crippen LogP contribution < -0.4 is 26.2 Å². The number of hydrogen-bond donors (Lipinski definition) is 0. The van der Waals surface area contributed by atoms with Gasteiger partial charge in [-0.3, -0.25) is 0 Å². The highest BCUT2D eigenvalue weighted by molar-refractivity contribution is 7.29. The highest BCUT2D eigenvalue weighted by Gasteiger charge is 2.47. The average Bonchev–Trinajstić information content (AvgIpc) is 4.11. The predicted molar refractivity (Wildman–Crippen MR) is 290 cm³/mol. The summed E-state index contributed by atoms with van der Waals surface area (Å²) in [6.45, 7) is 14.1. The van der Waals surface area contributed by atoms with Crippen LogP contribution in [0, 0.1) is 0 Å². The number of benzene rings is 7. The Labute approximate surface area is 396 Å². The molecule has 0 amide bonds. The molecule has 65 heavy (non-hydrogen) atoms. The van der Waals surface area contributed by atoms with Gasteiger partial charge < -0.3 is 9.80 Å². The average molecular weight is 909 g/mol. The fraction of sp³-hybridized carbons (Fsp3) is 0.138. The second-order valence-corrected chi connectivity index (χ2v) is 24.0. The molecule has 7 aromatic carbocycles. The second-order valence-electron chi connectivity index (χ2n) is 19.8.